The predicted octanol–water partition coefficient (Wildman–Crippen LogP) is 4.44. The van der Waals surface area contributed by atoms with Gasteiger partial charge in [0.25, 0.3) is 0 Å². The molecule has 3 aromatic rings. The molecule has 0 atom stereocenters. The Morgan fingerprint density at radius 3 is 2.48 bits per heavy atom. The number of aryl methyl sites for hydroxylation is 1. The van der Waals surface area contributed by atoms with Gasteiger partial charge in [-0.15, -0.1) is 0 Å². The molecule has 0 fully saturated rings. The van der Waals surface area contributed by atoms with E-state index in [0.717, 1.165) is 29.8 Å². The number of benzene rings is 2. The van der Waals surface area contributed by atoms with Crippen molar-refractivity contribution < 1.29 is 4.74 Å². The van der Waals surface area contributed by atoms with Crippen LogP contribution in [0.15, 0.2) is 48.7 Å². The summed E-state index contributed by atoms with van der Waals surface area (Å²) in [5, 5.41) is 4.36. The molecule has 0 spiro atoms. The summed E-state index contributed by atoms with van der Waals surface area (Å²) in [6, 6.07) is 14.9. The highest BCUT2D eigenvalue weighted by molar-refractivity contribution is 5.85. The number of nitrogens with one attached hydrogen (secondary N) is 1. The van der Waals surface area contributed by atoms with Gasteiger partial charge in [0.15, 0.2) is 0 Å². The molecule has 1 aromatic heterocycles. The van der Waals surface area contributed by atoms with Crippen LogP contribution in [0.5, 0.6) is 5.75 Å². The van der Waals surface area contributed by atoms with Gasteiger partial charge in [-0.05, 0) is 53.8 Å². The molecule has 0 unspecified atom stereocenters. The van der Waals surface area contributed by atoms with Gasteiger partial charge >= 0.3 is 0 Å². The monoisotopic (exact) mass is 306 g/mol. The molecule has 118 valence electrons. The maximum absolute atomic E-state index is 5.48. The van der Waals surface area contributed by atoms with Crippen LogP contribution in [0.25, 0.3) is 10.9 Å². The summed E-state index contributed by atoms with van der Waals surface area (Å²) in [7, 11) is 3.65. The van der Waals surface area contributed by atoms with Gasteiger partial charge in [0, 0.05) is 30.4 Å². The van der Waals surface area contributed by atoms with Crippen molar-refractivity contribution in [2.75, 3.05) is 19.5 Å². The van der Waals surface area contributed by atoms with Gasteiger partial charge in [-0.1, -0.05) is 19.1 Å². The van der Waals surface area contributed by atoms with Crippen LogP contribution in [0.1, 0.15) is 23.6 Å². The normalized spacial score (nSPS) is 10.7. The Bertz CT molecular complexity index is 810. The van der Waals surface area contributed by atoms with E-state index in [1.165, 1.54) is 22.1 Å². The lowest BCUT2D eigenvalue weighted by Crippen LogP contribution is -1.96. The lowest BCUT2D eigenvalue weighted by atomic mass is 9.98. The Labute approximate surface area is 137 Å². The number of ether oxygens (including phenoxy) is 1. The predicted molar refractivity (Wildman–Crippen MR) is 96.5 cm³/mol. The maximum atomic E-state index is 5.48. The number of pyridine rings is 1. The third-order valence-corrected chi connectivity index (χ3v) is 4.25. The van der Waals surface area contributed by atoms with Gasteiger partial charge in [-0.2, -0.15) is 0 Å². The second kappa shape index (κ2) is 6.69. The largest absolute Gasteiger partial charge is 0.496 e. The number of nitrogens with zero attached hydrogens (tertiary/aromatic N) is 1. The topological polar surface area (TPSA) is 34.2 Å². The van der Waals surface area contributed by atoms with Gasteiger partial charge in [0.1, 0.15) is 5.75 Å². The summed E-state index contributed by atoms with van der Waals surface area (Å²) < 4.78 is 5.48. The Hall–Kier alpha value is -2.55. The molecule has 3 heteroatoms. The first-order valence-corrected chi connectivity index (χ1v) is 7.96. The fourth-order valence-electron chi connectivity index (χ4n) is 2.90. The molecular formula is C20H22N2O. The second-order valence-electron chi connectivity index (χ2n) is 5.63. The van der Waals surface area contributed by atoms with Crippen molar-refractivity contribution in [1.29, 1.82) is 0 Å². The lowest BCUT2D eigenvalue weighted by Gasteiger charge is -2.12. The van der Waals surface area contributed by atoms with Crippen LogP contribution in [0.2, 0.25) is 0 Å². The smallest absolute Gasteiger partial charge is 0.124 e. The number of aromatic nitrogens is 1. The molecule has 23 heavy (non-hydrogen) atoms. The Kier molecular flexibility index (Phi) is 4.47. The van der Waals surface area contributed by atoms with E-state index < -0.39 is 0 Å². The Balaban J connectivity index is 2.02. The van der Waals surface area contributed by atoms with Gasteiger partial charge in [-0.25, -0.2) is 0 Å². The van der Waals surface area contributed by atoms with Crippen LogP contribution in [0.4, 0.5) is 5.69 Å². The Morgan fingerprint density at radius 2 is 1.83 bits per heavy atom. The second-order valence-corrected chi connectivity index (χ2v) is 5.63. The standard InChI is InChI=1S/C20H22N2O/c1-4-15-12-18-16(9-10-22-19(18)13-20(15)23-3)11-14-5-7-17(21-2)8-6-14/h5-10,12-13,21H,4,11H2,1-3H3. The van der Waals surface area contributed by atoms with Crippen molar-refractivity contribution in [3.05, 3.63) is 65.4 Å². The molecule has 0 aliphatic heterocycles. The van der Waals surface area contributed by atoms with E-state index in [1.807, 2.05) is 19.3 Å². The van der Waals surface area contributed by atoms with Crippen LogP contribution in [0.3, 0.4) is 0 Å². The summed E-state index contributed by atoms with van der Waals surface area (Å²) in [6.45, 7) is 2.15. The molecule has 0 radical (unpaired) electrons. The number of rotatable bonds is 5. The van der Waals surface area contributed by atoms with Gasteiger partial charge in [-0.3, -0.25) is 4.98 Å². The summed E-state index contributed by atoms with van der Waals surface area (Å²) in [5.74, 6) is 0.919. The fourth-order valence-corrected chi connectivity index (χ4v) is 2.90. The van der Waals surface area contributed by atoms with Gasteiger partial charge < -0.3 is 10.1 Å². The van der Waals surface area contributed by atoms with Crippen LogP contribution in [0, 0.1) is 0 Å². The van der Waals surface area contributed by atoms with Gasteiger partial charge in [0.2, 0.25) is 0 Å². The van der Waals surface area contributed by atoms with E-state index in [-0.39, 0.29) is 0 Å². The molecule has 1 heterocycles. The first-order valence-electron chi connectivity index (χ1n) is 7.96. The van der Waals surface area contributed by atoms with Crippen LogP contribution in [-0.2, 0) is 12.8 Å². The van der Waals surface area contributed by atoms with E-state index in [1.54, 1.807) is 7.11 Å². The Morgan fingerprint density at radius 1 is 1.04 bits per heavy atom. The van der Waals surface area contributed by atoms with Crippen molar-refractivity contribution >= 4 is 16.6 Å². The first-order chi connectivity index (χ1) is 11.2. The highest BCUT2D eigenvalue weighted by atomic mass is 16.5. The third-order valence-electron chi connectivity index (χ3n) is 4.25. The minimum atomic E-state index is 0.901. The molecular weight excluding hydrogens is 284 g/mol. The minimum absolute atomic E-state index is 0.901. The molecule has 0 saturated heterocycles. The SMILES string of the molecule is CCc1cc2c(Cc3ccc(NC)cc3)ccnc2cc1OC. The van der Waals surface area contributed by atoms with Crippen LogP contribution >= 0.6 is 0 Å². The van der Waals surface area contributed by atoms with E-state index in [2.05, 4.69) is 53.6 Å². The molecule has 0 bridgehead atoms. The fraction of sp³-hybridized carbons (Fsp3) is 0.250. The zero-order valence-electron chi connectivity index (χ0n) is 13.9. The molecule has 3 rings (SSSR count). The third kappa shape index (κ3) is 3.14. The number of hydrogen-bond donors (Lipinski definition) is 1. The van der Waals surface area contributed by atoms with Crippen molar-refractivity contribution in [1.82, 2.24) is 4.98 Å². The summed E-state index contributed by atoms with van der Waals surface area (Å²) >= 11 is 0. The van der Waals surface area contributed by atoms with E-state index >= 15 is 0 Å². The molecule has 2 aromatic carbocycles. The van der Waals surface area contributed by atoms with Crippen LogP contribution in [-0.4, -0.2) is 19.1 Å². The maximum Gasteiger partial charge on any atom is 0.124 e. The number of fused-ring (bicyclic) bond motifs is 1. The molecule has 0 aliphatic rings. The van der Waals surface area contributed by atoms with Crippen molar-refractivity contribution in [2.45, 2.75) is 19.8 Å². The molecule has 0 saturated carbocycles. The first kappa shape index (κ1) is 15.3. The summed E-state index contributed by atoms with van der Waals surface area (Å²) in [5.41, 5.74) is 5.93. The molecule has 3 nitrogen and oxygen atoms in total. The highest BCUT2D eigenvalue weighted by Gasteiger charge is 2.09. The van der Waals surface area contributed by atoms with E-state index in [0.29, 0.717) is 0 Å². The van der Waals surface area contributed by atoms with Crippen molar-refractivity contribution in [2.24, 2.45) is 0 Å². The minimum Gasteiger partial charge on any atom is -0.496 e. The number of methoxy groups -OCH3 is 1. The summed E-state index contributed by atoms with van der Waals surface area (Å²) in [6.07, 6.45) is 3.73. The van der Waals surface area contributed by atoms with Crippen molar-refractivity contribution in [3.63, 3.8) is 0 Å². The molecule has 0 aliphatic carbocycles. The quantitative estimate of drug-likeness (QED) is 0.757. The average Bonchev–Trinajstić information content (AvgIpc) is 2.61. The molecule has 0 amide bonds. The molecule has 1 N–H and O–H groups in total. The van der Waals surface area contributed by atoms with Crippen LogP contribution < -0.4 is 10.1 Å². The van der Waals surface area contributed by atoms with Gasteiger partial charge in [0.05, 0.1) is 12.6 Å². The lowest BCUT2D eigenvalue weighted by molar-refractivity contribution is 0.410. The van der Waals surface area contributed by atoms with E-state index in [9.17, 15) is 0 Å². The van der Waals surface area contributed by atoms with Crippen molar-refractivity contribution in [3.8, 4) is 5.75 Å². The van der Waals surface area contributed by atoms with E-state index in [4.69, 9.17) is 4.74 Å². The highest BCUT2D eigenvalue weighted by Crippen LogP contribution is 2.28. The average molecular weight is 306 g/mol. The number of hydrogen-bond acceptors (Lipinski definition) is 3. The summed E-state index contributed by atoms with van der Waals surface area (Å²) in [4.78, 5) is 4.50. The zero-order chi connectivity index (χ0) is 16.2. The number of anilines is 1. The zero-order valence-corrected chi connectivity index (χ0v) is 13.9.